The summed E-state index contributed by atoms with van der Waals surface area (Å²) in [6.45, 7) is 0.843. The van der Waals surface area contributed by atoms with Crippen molar-refractivity contribution in [3.8, 4) is 5.75 Å². The van der Waals surface area contributed by atoms with Crippen molar-refractivity contribution in [2.24, 2.45) is 5.92 Å². The minimum Gasteiger partial charge on any atom is -0.496 e. The van der Waals surface area contributed by atoms with E-state index in [1.807, 2.05) is 30.3 Å². The zero-order valence-electron chi connectivity index (χ0n) is 16.8. The van der Waals surface area contributed by atoms with Crippen LogP contribution in [0.4, 0.5) is 9.18 Å². The minimum atomic E-state index is -0.592. The standard InChI is InChI=1S/C23H24FNO5/c1-28-20-9-5-8-19(24)21(20)22(26)16-10-17-13-29-14-18(11-16)25(17)23(27)30-12-15-6-3-2-4-7-15/h2-9,16-18H,10-14H2,1H3. The molecule has 1 amide bonds. The highest BCUT2D eigenvalue weighted by atomic mass is 19.1. The van der Waals surface area contributed by atoms with E-state index in [9.17, 15) is 14.0 Å². The highest BCUT2D eigenvalue weighted by molar-refractivity contribution is 6.00. The smallest absolute Gasteiger partial charge is 0.410 e. The summed E-state index contributed by atoms with van der Waals surface area (Å²) in [5.41, 5.74) is 0.882. The molecule has 2 aliphatic heterocycles. The molecule has 2 heterocycles. The fourth-order valence-electron chi connectivity index (χ4n) is 4.34. The molecule has 6 nitrogen and oxygen atoms in total. The number of fused-ring (bicyclic) bond motifs is 2. The number of nitrogens with zero attached hydrogens (tertiary/aromatic N) is 1. The van der Waals surface area contributed by atoms with Crippen molar-refractivity contribution in [2.75, 3.05) is 20.3 Å². The first-order valence-electron chi connectivity index (χ1n) is 10.0. The Morgan fingerprint density at radius 1 is 1.07 bits per heavy atom. The molecule has 2 aromatic carbocycles. The van der Waals surface area contributed by atoms with E-state index < -0.39 is 17.8 Å². The number of halogens is 1. The van der Waals surface area contributed by atoms with Crippen molar-refractivity contribution in [1.82, 2.24) is 4.90 Å². The Hall–Kier alpha value is -2.93. The summed E-state index contributed by atoms with van der Waals surface area (Å²) in [5.74, 6) is -1.07. The lowest BCUT2D eigenvalue weighted by atomic mass is 9.80. The Kier molecular flexibility index (Phi) is 5.99. The average Bonchev–Trinajstić information content (AvgIpc) is 2.76. The molecule has 0 aliphatic carbocycles. The first-order chi connectivity index (χ1) is 14.6. The van der Waals surface area contributed by atoms with Gasteiger partial charge in [-0.2, -0.15) is 0 Å². The van der Waals surface area contributed by atoms with Crippen LogP contribution in [0.15, 0.2) is 48.5 Å². The van der Waals surface area contributed by atoms with Gasteiger partial charge in [0.1, 0.15) is 18.2 Å². The Labute approximate surface area is 174 Å². The van der Waals surface area contributed by atoms with Gasteiger partial charge < -0.3 is 14.2 Å². The van der Waals surface area contributed by atoms with E-state index in [-0.39, 0.29) is 35.8 Å². The molecule has 0 saturated carbocycles. The van der Waals surface area contributed by atoms with Crippen LogP contribution in [0.3, 0.4) is 0 Å². The Bertz CT molecular complexity index is 905. The molecular weight excluding hydrogens is 389 g/mol. The second-order valence-corrected chi connectivity index (χ2v) is 7.64. The van der Waals surface area contributed by atoms with Gasteiger partial charge in [0.15, 0.2) is 5.78 Å². The van der Waals surface area contributed by atoms with Crippen molar-refractivity contribution in [3.05, 3.63) is 65.5 Å². The fourth-order valence-corrected chi connectivity index (χ4v) is 4.34. The quantitative estimate of drug-likeness (QED) is 0.697. The zero-order chi connectivity index (χ0) is 21.1. The molecule has 0 N–H and O–H groups in total. The molecule has 2 bridgehead atoms. The van der Waals surface area contributed by atoms with Crippen LogP contribution in [0.5, 0.6) is 5.75 Å². The van der Waals surface area contributed by atoms with Crippen molar-refractivity contribution in [2.45, 2.75) is 31.5 Å². The molecule has 2 unspecified atom stereocenters. The number of morpholine rings is 1. The molecule has 0 radical (unpaired) electrons. The van der Waals surface area contributed by atoms with Gasteiger partial charge in [-0.15, -0.1) is 0 Å². The van der Waals surface area contributed by atoms with Crippen LogP contribution in [0.1, 0.15) is 28.8 Å². The van der Waals surface area contributed by atoms with Crippen LogP contribution in [0.25, 0.3) is 0 Å². The molecule has 4 rings (SSSR count). The van der Waals surface area contributed by atoms with E-state index in [0.717, 1.165) is 5.56 Å². The van der Waals surface area contributed by atoms with E-state index in [4.69, 9.17) is 14.2 Å². The maximum Gasteiger partial charge on any atom is 0.410 e. The van der Waals surface area contributed by atoms with Crippen LogP contribution in [0.2, 0.25) is 0 Å². The summed E-state index contributed by atoms with van der Waals surface area (Å²) in [7, 11) is 1.42. The third-order valence-corrected chi connectivity index (χ3v) is 5.75. The fraction of sp³-hybridized carbons (Fsp3) is 0.391. The number of benzene rings is 2. The second-order valence-electron chi connectivity index (χ2n) is 7.64. The summed E-state index contributed by atoms with van der Waals surface area (Å²) in [5, 5.41) is 0. The van der Waals surface area contributed by atoms with Crippen molar-refractivity contribution in [1.29, 1.82) is 0 Å². The lowest BCUT2D eigenvalue weighted by Crippen LogP contribution is -2.60. The Morgan fingerprint density at radius 3 is 2.43 bits per heavy atom. The highest BCUT2D eigenvalue weighted by Gasteiger charge is 2.45. The molecule has 0 aromatic heterocycles. The lowest BCUT2D eigenvalue weighted by molar-refractivity contribution is -0.0756. The summed E-state index contributed by atoms with van der Waals surface area (Å²) >= 11 is 0. The van der Waals surface area contributed by atoms with Gasteiger partial charge >= 0.3 is 6.09 Å². The number of ketones is 1. The number of piperidine rings is 1. The molecule has 2 saturated heterocycles. The van der Waals surface area contributed by atoms with E-state index >= 15 is 0 Å². The van der Waals surface area contributed by atoms with E-state index in [1.54, 1.807) is 11.0 Å². The monoisotopic (exact) mass is 413 g/mol. The molecule has 2 fully saturated rings. The maximum absolute atomic E-state index is 14.4. The van der Waals surface area contributed by atoms with Gasteiger partial charge in [-0.3, -0.25) is 9.69 Å². The summed E-state index contributed by atoms with van der Waals surface area (Å²) in [4.78, 5) is 27.6. The van der Waals surface area contributed by atoms with Crippen LogP contribution in [0, 0.1) is 11.7 Å². The Morgan fingerprint density at radius 2 is 1.77 bits per heavy atom. The molecular formula is C23H24FNO5. The number of hydrogen-bond acceptors (Lipinski definition) is 5. The molecule has 158 valence electrons. The van der Waals surface area contributed by atoms with Gasteiger partial charge in [-0.25, -0.2) is 9.18 Å². The number of rotatable bonds is 5. The highest BCUT2D eigenvalue weighted by Crippen LogP contribution is 2.36. The van der Waals surface area contributed by atoms with Crippen LogP contribution >= 0.6 is 0 Å². The first kappa shape index (κ1) is 20.3. The third-order valence-electron chi connectivity index (χ3n) is 5.75. The van der Waals surface area contributed by atoms with E-state index in [1.165, 1.54) is 19.2 Å². The number of ether oxygens (including phenoxy) is 3. The van der Waals surface area contributed by atoms with Gasteiger partial charge in [-0.05, 0) is 30.5 Å². The molecule has 2 aliphatic rings. The van der Waals surface area contributed by atoms with Crippen molar-refractivity contribution >= 4 is 11.9 Å². The van der Waals surface area contributed by atoms with Crippen molar-refractivity contribution < 1.29 is 28.2 Å². The van der Waals surface area contributed by atoms with E-state index in [0.29, 0.717) is 26.1 Å². The van der Waals surface area contributed by atoms with Gasteiger partial charge in [0.2, 0.25) is 0 Å². The van der Waals surface area contributed by atoms with Crippen LogP contribution in [-0.4, -0.2) is 49.2 Å². The first-order valence-corrected chi connectivity index (χ1v) is 10.0. The summed E-state index contributed by atoms with van der Waals surface area (Å²) in [6, 6.07) is 13.2. The number of carbonyl (C=O) groups is 2. The minimum absolute atomic E-state index is 0.0240. The molecule has 0 spiro atoms. The van der Waals surface area contributed by atoms with E-state index in [2.05, 4.69) is 0 Å². The van der Waals surface area contributed by atoms with Crippen LogP contribution < -0.4 is 4.74 Å². The molecule has 2 atom stereocenters. The van der Waals surface area contributed by atoms with Gasteiger partial charge in [0.05, 0.1) is 38.0 Å². The average molecular weight is 413 g/mol. The number of methoxy groups -OCH3 is 1. The third kappa shape index (κ3) is 4.03. The largest absolute Gasteiger partial charge is 0.496 e. The summed E-state index contributed by atoms with van der Waals surface area (Å²) < 4.78 is 30.7. The predicted molar refractivity (Wildman–Crippen MR) is 107 cm³/mol. The number of carbonyl (C=O) groups excluding carboxylic acids is 2. The Balaban J connectivity index is 1.47. The normalized spacial score (nSPS) is 23.0. The summed E-state index contributed by atoms with van der Waals surface area (Å²) in [6.07, 6.45) is 0.382. The zero-order valence-corrected chi connectivity index (χ0v) is 16.8. The molecule has 2 aromatic rings. The number of amides is 1. The molecule has 30 heavy (non-hydrogen) atoms. The van der Waals surface area contributed by atoms with Gasteiger partial charge in [0, 0.05) is 5.92 Å². The van der Waals surface area contributed by atoms with Gasteiger partial charge in [-0.1, -0.05) is 36.4 Å². The molecule has 7 heteroatoms. The lowest BCUT2D eigenvalue weighted by Gasteiger charge is -2.47. The number of hydrogen-bond donors (Lipinski definition) is 0. The SMILES string of the molecule is COc1cccc(F)c1C(=O)C1CC2COCC(C1)N2C(=O)OCc1ccccc1. The maximum atomic E-state index is 14.4. The predicted octanol–water partition coefficient (Wildman–Crippen LogP) is 3.83. The van der Waals surface area contributed by atoms with Gasteiger partial charge in [0.25, 0.3) is 0 Å². The van der Waals surface area contributed by atoms with Crippen LogP contribution in [-0.2, 0) is 16.1 Å². The van der Waals surface area contributed by atoms with Crippen molar-refractivity contribution in [3.63, 3.8) is 0 Å². The topological polar surface area (TPSA) is 65.1 Å². The second kappa shape index (κ2) is 8.83. The number of Topliss-reactive ketones (excluding diaryl/α,β-unsaturated/α-hetero) is 1.